The van der Waals surface area contributed by atoms with Crippen molar-refractivity contribution in [3.63, 3.8) is 0 Å². The normalized spacial score (nSPS) is 47.5. The van der Waals surface area contributed by atoms with Gasteiger partial charge in [-0.1, -0.05) is 20.8 Å². The number of likely N-dealkylation sites (N-methyl/N-ethyl adjacent to an activating group) is 1. The molecule has 4 aliphatic rings. The van der Waals surface area contributed by atoms with E-state index < -0.39 is 6.17 Å². The molecule has 98 valence electrons. The lowest BCUT2D eigenvalue weighted by Crippen LogP contribution is -2.75. The van der Waals surface area contributed by atoms with Crippen molar-refractivity contribution in [3.05, 3.63) is 0 Å². The number of fused-ring (bicyclic) bond motifs is 2. The van der Waals surface area contributed by atoms with Crippen LogP contribution in [0, 0.1) is 5.41 Å². The molecule has 4 heterocycles. The highest BCUT2D eigenvalue weighted by atomic mass is 19.1. The minimum atomic E-state index is -0.621. The summed E-state index contributed by atoms with van der Waals surface area (Å²) in [6.45, 7) is 8.70. The molecular formula is C14H25FN2. The molecule has 0 aliphatic carbocycles. The minimum Gasteiger partial charge on any atom is -0.300 e. The molecule has 3 heteroatoms. The quantitative estimate of drug-likeness (QED) is 0.641. The van der Waals surface area contributed by atoms with Crippen molar-refractivity contribution in [2.24, 2.45) is 5.41 Å². The highest BCUT2D eigenvalue weighted by Gasteiger charge is 2.64. The van der Waals surface area contributed by atoms with Crippen LogP contribution in [0.15, 0.2) is 0 Å². The third kappa shape index (κ3) is 1.39. The van der Waals surface area contributed by atoms with E-state index in [1.807, 2.05) is 0 Å². The van der Waals surface area contributed by atoms with E-state index in [4.69, 9.17) is 0 Å². The van der Waals surface area contributed by atoms with E-state index in [2.05, 4.69) is 37.6 Å². The molecule has 4 atom stereocenters. The molecule has 4 rings (SSSR count). The first-order chi connectivity index (χ1) is 7.86. The van der Waals surface area contributed by atoms with Gasteiger partial charge in [0.05, 0.1) is 0 Å². The lowest BCUT2D eigenvalue weighted by atomic mass is 9.61. The third-order valence-electron chi connectivity index (χ3n) is 5.53. The number of piperazine rings is 1. The second-order valence-corrected chi connectivity index (χ2v) is 7.31. The summed E-state index contributed by atoms with van der Waals surface area (Å²) in [4.78, 5) is 5.03. The predicted molar refractivity (Wildman–Crippen MR) is 67.8 cm³/mol. The van der Waals surface area contributed by atoms with Gasteiger partial charge in [0.2, 0.25) is 0 Å². The van der Waals surface area contributed by atoms with Gasteiger partial charge in [0, 0.05) is 37.1 Å². The van der Waals surface area contributed by atoms with Crippen molar-refractivity contribution in [2.75, 3.05) is 20.1 Å². The van der Waals surface area contributed by atoms with Gasteiger partial charge < -0.3 is 0 Å². The molecular weight excluding hydrogens is 215 g/mol. The van der Waals surface area contributed by atoms with Crippen molar-refractivity contribution in [1.29, 1.82) is 0 Å². The Morgan fingerprint density at radius 3 is 2.47 bits per heavy atom. The summed E-state index contributed by atoms with van der Waals surface area (Å²) in [5.74, 6) is 0. The number of nitrogens with zero attached hydrogens (tertiary/aromatic N) is 2. The number of alkyl halides is 1. The smallest absolute Gasteiger partial charge is 0.115 e. The maximum Gasteiger partial charge on any atom is 0.115 e. The first-order valence-corrected chi connectivity index (χ1v) is 6.97. The Hall–Kier alpha value is -0.150. The van der Waals surface area contributed by atoms with Crippen LogP contribution in [0.4, 0.5) is 4.39 Å². The van der Waals surface area contributed by atoms with Crippen molar-refractivity contribution >= 4 is 0 Å². The van der Waals surface area contributed by atoms with E-state index in [1.54, 1.807) is 0 Å². The zero-order valence-corrected chi connectivity index (χ0v) is 11.5. The van der Waals surface area contributed by atoms with Crippen molar-refractivity contribution in [3.8, 4) is 0 Å². The molecule has 4 unspecified atom stereocenters. The van der Waals surface area contributed by atoms with Crippen molar-refractivity contribution in [1.82, 2.24) is 9.80 Å². The Labute approximate surface area is 104 Å². The maximum atomic E-state index is 14.0. The molecule has 0 aromatic heterocycles. The van der Waals surface area contributed by atoms with Gasteiger partial charge in [-0.25, -0.2) is 4.39 Å². The molecule has 0 aromatic rings. The number of hydrogen-bond donors (Lipinski definition) is 0. The number of piperidine rings is 2. The second kappa shape index (κ2) is 3.45. The van der Waals surface area contributed by atoms with Gasteiger partial charge in [-0.3, -0.25) is 9.80 Å². The van der Waals surface area contributed by atoms with Crippen LogP contribution in [0.1, 0.15) is 40.0 Å². The van der Waals surface area contributed by atoms with E-state index in [0.29, 0.717) is 18.6 Å². The van der Waals surface area contributed by atoms with Crippen LogP contribution in [-0.2, 0) is 0 Å². The zero-order chi connectivity index (χ0) is 12.4. The van der Waals surface area contributed by atoms with Gasteiger partial charge in [-0.15, -0.1) is 0 Å². The fraction of sp³-hybridized carbons (Fsp3) is 1.00. The molecule has 4 saturated heterocycles. The highest BCUT2D eigenvalue weighted by Crippen LogP contribution is 2.55. The summed E-state index contributed by atoms with van der Waals surface area (Å²) in [5.41, 5.74) is 0.230. The Bertz CT molecular complexity index is 321. The molecule has 2 bridgehead atoms. The van der Waals surface area contributed by atoms with Gasteiger partial charge in [-0.2, -0.15) is 0 Å². The van der Waals surface area contributed by atoms with Crippen LogP contribution in [0.2, 0.25) is 0 Å². The summed E-state index contributed by atoms with van der Waals surface area (Å²) in [6.07, 6.45) is 2.63. The van der Waals surface area contributed by atoms with Gasteiger partial charge in [-0.05, 0) is 25.3 Å². The van der Waals surface area contributed by atoms with E-state index in [-0.39, 0.29) is 11.0 Å². The predicted octanol–water partition coefficient (Wildman–Crippen LogP) is 2.29. The largest absolute Gasteiger partial charge is 0.300 e. The molecule has 4 aliphatic heterocycles. The van der Waals surface area contributed by atoms with Crippen LogP contribution < -0.4 is 0 Å². The third-order valence-corrected chi connectivity index (χ3v) is 5.53. The van der Waals surface area contributed by atoms with E-state index in [9.17, 15) is 4.39 Å². The summed E-state index contributed by atoms with van der Waals surface area (Å²) in [7, 11) is 2.23. The van der Waals surface area contributed by atoms with Crippen LogP contribution in [-0.4, -0.2) is 53.7 Å². The van der Waals surface area contributed by atoms with Gasteiger partial charge in [0.15, 0.2) is 0 Å². The first kappa shape index (κ1) is 11.9. The summed E-state index contributed by atoms with van der Waals surface area (Å²) in [5, 5.41) is 0. The van der Waals surface area contributed by atoms with Gasteiger partial charge in [0.25, 0.3) is 0 Å². The molecule has 0 radical (unpaired) electrons. The Balaban J connectivity index is 2.07. The maximum absolute atomic E-state index is 14.0. The van der Waals surface area contributed by atoms with Crippen LogP contribution >= 0.6 is 0 Å². The lowest BCUT2D eigenvalue weighted by molar-refractivity contribution is -0.143. The Morgan fingerprint density at radius 1 is 1.18 bits per heavy atom. The second-order valence-electron chi connectivity index (χ2n) is 7.31. The topological polar surface area (TPSA) is 6.48 Å². The summed E-state index contributed by atoms with van der Waals surface area (Å²) >= 11 is 0. The first-order valence-electron chi connectivity index (χ1n) is 6.97. The highest BCUT2D eigenvalue weighted by molar-refractivity contribution is 5.19. The fourth-order valence-electron chi connectivity index (χ4n) is 4.91. The monoisotopic (exact) mass is 240 g/mol. The van der Waals surface area contributed by atoms with Gasteiger partial charge in [0.1, 0.15) is 6.17 Å². The minimum absolute atomic E-state index is 0.0718. The Morgan fingerprint density at radius 2 is 1.88 bits per heavy atom. The molecule has 2 nitrogen and oxygen atoms in total. The number of hydrogen-bond acceptors (Lipinski definition) is 2. The van der Waals surface area contributed by atoms with Gasteiger partial charge >= 0.3 is 0 Å². The molecule has 17 heavy (non-hydrogen) atoms. The van der Waals surface area contributed by atoms with Crippen LogP contribution in [0.5, 0.6) is 0 Å². The number of halogens is 1. The fourth-order valence-corrected chi connectivity index (χ4v) is 4.91. The summed E-state index contributed by atoms with van der Waals surface area (Å²) < 4.78 is 14.0. The Kier molecular flexibility index (Phi) is 2.41. The molecule has 0 aromatic carbocycles. The number of rotatable bonds is 0. The van der Waals surface area contributed by atoms with E-state index in [0.717, 1.165) is 13.0 Å². The average molecular weight is 240 g/mol. The average Bonchev–Trinajstić information content (AvgIpc) is 2.57. The van der Waals surface area contributed by atoms with E-state index >= 15 is 0 Å². The van der Waals surface area contributed by atoms with Crippen molar-refractivity contribution < 1.29 is 4.39 Å². The van der Waals surface area contributed by atoms with Crippen molar-refractivity contribution in [2.45, 2.75) is 63.8 Å². The molecule has 0 N–H and O–H groups in total. The summed E-state index contributed by atoms with van der Waals surface area (Å²) in [6, 6.07) is 1.14. The molecule has 0 spiro atoms. The van der Waals surface area contributed by atoms with E-state index in [1.165, 1.54) is 12.8 Å². The molecule has 0 amide bonds. The zero-order valence-electron chi connectivity index (χ0n) is 11.5. The van der Waals surface area contributed by atoms with Crippen LogP contribution in [0.25, 0.3) is 0 Å². The van der Waals surface area contributed by atoms with Crippen LogP contribution in [0.3, 0.4) is 0 Å². The lowest BCUT2D eigenvalue weighted by Gasteiger charge is -2.65. The SMILES string of the molecule is CN1CC2CCC1C1(C(C)(C)C)CC(F)CN21. The molecule has 0 saturated carbocycles. The standard InChI is InChI=1S/C14H25FN2/c1-13(2,3)14-7-10(15)8-17(14)11-5-6-12(14)16(4)9-11/h10-12H,5-9H2,1-4H3. The molecule has 4 fully saturated rings.